The highest BCUT2D eigenvalue weighted by Crippen LogP contribution is 2.60. The van der Waals surface area contributed by atoms with Gasteiger partial charge in [0.2, 0.25) is 0 Å². The number of furan rings is 2. The molecule has 0 atom stereocenters. The molecule has 4 aromatic heterocycles. The van der Waals surface area contributed by atoms with Crippen LogP contribution in [0.3, 0.4) is 0 Å². The van der Waals surface area contributed by atoms with Gasteiger partial charge in [-0.25, -0.2) is 0 Å². The zero-order valence-corrected chi connectivity index (χ0v) is 76.5. The van der Waals surface area contributed by atoms with Crippen LogP contribution in [0, 0.1) is 41.5 Å². The Bertz CT molecular complexity index is 8430. The first-order valence-electron chi connectivity index (χ1n) is 46.4. The van der Waals surface area contributed by atoms with Gasteiger partial charge in [-0.1, -0.05) is 257 Å². The minimum Gasteiger partial charge on any atom is -0.455 e. The van der Waals surface area contributed by atoms with Crippen LogP contribution in [-0.2, 0) is 21.7 Å². The Morgan fingerprint density at radius 1 is 0.308 bits per heavy atom. The molecule has 6 aliphatic rings. The number of fused-ring (bicyclic) bond motifs is 24. The van der Waals surface area contributed by atoms with Gasteiger partial charge in [-0.2, -0.15) is 0 Å². The minimum atomic E-state index is -0.255. The van der Waals surface area contributed by atoms with Crippen LogP contribution in [0.4, 0.5) is 68.2 Å². The van der Waals surface area contributed by atoms with E-state index in [0.29, 0.717) is 0 Å². The average Bonchev–Trinajstić information content (AvgIpc) is 1.57. The van der Waals surface area contributed by atoms with Crippen molar-refractivity contribution in [2.45, 2.75) is 132 Å². The van der Waals surface area contributed by atoms with Crippen molar-refractivity contribution in [2.24, 2.45) is 0 Å². The summed E-state index contributed by atoms with van der Waals surface area (Å²) in [6.07, 6.45) is 0. The van der Waals surface area contributed by atoms with Crippen molar-refractivity contribution in [3.05, 3.63) is 370 Å². The van der Waals surface area contributed by atoms with Crippen LogP contribution in [0.1, 0.15) is 136 Å². The summed E-state index contributed by atoms with van der Waals surface area (Å²) in [6, 6.07) is 116. The van der Waals surface area contributed by atoms with Gasteiger partial charge in [-0.3, -0.25) is 0 Å². The number of aryl methyl sites for hydroxylation is 6. The zero-order chi connectivity index (χ0) is 88.3. The quantitative estimate of drug-likeness (QED) is 0.134. The van der Waals surface area contributed by atoms with E-state index in [9.17, 15) is 0 Å². The SMILES string of the molecule is Cc1cc2c3c(c1)-n1c4c(c5cc(C(C)(C)C)cc(c51)B3c1ccc(N(c3ccccc3C)c3ccc(-c5cccc6c5oc5cccc(N7c8cc(N(c9ccccc9C)c9ccccc9C)ccc8B8c9c7cc(C)cc9-n7c9c(c%10cc(C(C)(C)C)cc8c%107)C(C)(C)c7ccccc7-9)c56)cc3C)cc1N2c1cccc2c1oc1ccccc12)C(C)(C)c1ccccc1-4. The lowest BCUT2D eigenvalue weighted by Gasteiger charge is -2.42. The molecule has 0 bridgehead atoms. The molecule has 0 saturated heterocycles. The van der Waals surface area contributed by atoms with Gasteiger partial charge in [0, 0.05) is 134 Å². The molecule has 16 aromatic carbocycles. The molecule has 0 radical (unpaired) electrons. The maximum atomic E-state index is 7.59. The van der Waals surface area contributed by atoms with Crippen molar-refractivity contribution in [2.75, 3.05) is 19.6 Å². The zero-order valence-electron chi connectivity index (χ0n) is 76.5. The van der Waals surface area contributed by atoms with Crippen LogP contribution < -0.4 is 52.4 Å². The van der Waals surface area contributed by atoms with E-state index in [-0.39, 0.29) is 35.1 Å². The van der Waals surface area contributed by atoms with Crippen molar-refractivity contribution in [3.8, 4) is 45.0 Å². The lowest BCUT2D eigenvalue weighted by atomic mass is 9.33. The van der Waals surface area contributed by atoms with Crippen molar-refractivity contribution < 1.29 is 8.83 Å². The summed E-state index contributed by atoms with van der Waals surface area (Å²) < 4.78 is 20.2. The fourth-order valence-electron chi connectivity index (χ4n) is 24.5. The van der Waals surface area contributed by atoms with Gasteiger partial charge in [0.25, 0.3) is 13.4 Å². The maximum Gasteiger partial charge on any atom is 0.252 e. The van der Waals surface area contributed by atoms with Crippen LogP contribution in [0.25, 0.3) is 111 Å². The van der Waals surface area contributed by atoms with Gasteiger partial charge in [-0.15, -0.1) is 0 Å². The smallest absolute Gasteiger partial charge is 0.252 e. The summed E-state index contributed by atoms with van der Waals surface area (Å²) in [5.74, 6) is 0. The second-order valence-corrected chi connectivity index (χ2v) is 41.1. The summed E-state index contributed by atoms with van der Waals surface area (Å²) >= 11 is 0. The van der Waals surface area contributed by atoms with Crippen LogP contribution in [0.15, 0.2) is 312 Å². The minimum absolute atomic E-state index is 0.115. The normalized spacial score (nSPS) is 14.4. The van der Waals surface area contributed by atoms with E-state index in [1.807, 2.05) is 0 Å². The number of hydrogen-bond acceptors (Lipinski definition) is 6. The molecule has 0 spiro atoms. The highest BCUT2D eigenvalue weighted by molar-refractivity contribution is 7.01. The molecule has 626 valence electrons. The van der Waals surface area contributed by atoms with E-state index in [4.69, 9.17) is 8.83 Å². The molecule has 10 heteroatoms. The van der Waals surface area contributed by atoms with Gasteiger partial charge in [0.05, 0.1) is 28.1 Å². The molecule has 8 heterocycles. The molecule has 26 rings (SSSR count). The Morgan fingerprint density at radius 2 is 0.731 bits per heavy atom. The summed E-state index contributed by atoms with van der Waals surface area (Å²) in [6.45, 7) is 37.5. The fourth-order valence-corrected chi connectivity index (χ4v) is 24.5. The molecule has 2 aliphatic carbocycles. The lowest BCUT2D eigenvalue weighted by molar-refractivity contribution is 0.591. The van der Waals surface area contributed by atoms with Crippen molar-refractivity contribution in [1.82, 2.24) is 9.13 Å². The molecule has 0 amide bonds. The third-order valence-electron chi connectivity index (χ3n) is 30.4. The topological polar surface area (TPSA) is 49.1 Å². The number of rotatable bonds is 9. The summed E-state index contributed by atoms with van der Waals surface area (Å²) in [4.78, 5) is 10.2. The first kappa shape index (κ1) is 76.7. The predicted molar refractivity (Wildman–Crippen MR) is 549 cm³/mol. The van der Waals surface area contributed by atoms with Crippen LogP contribution in [0.5, 0.6) is 0 Å². The Kier molecular flexibility index (Phi) is 15.7. The van der Waals surface area contributed by atoms with E-state index in [2.05, 4.69) is 443 Å². The molecule has 0 unspecified atom stereocenters. The molecule has 130 heavy (non-hydrogen) atoms. The summed E-state index contributed by atoms with van der Waals surface area (Å²) in [5, 5.41) is 6.99. The first-order chi connectivity index (χ1) is 62.8. The molecule has 20 aromatic rings. The second kappa shape index (κ2) is 26.6. The number of anilines is 12. The van der Waals surface area contributed by atoms with Gasteiger partial charge >= 0.3 is 0 Å². The average molecular weight is 1680 g/mol. The molecule has 4 aliphatic heterocycles. The van der Waals surface area contributed by atoms with Crippen molar-refractivity contribution in [1.29, 1.82) is 0 Å². The van der Waals surface area contributed by atoms with Gasteiger partial charge < -0.3 is 37.6 Å². The summed E-state index contributed by atoms with van der Waals surface area (Å²) in [7, 11) is 0. The number of aromatic nitrogens is 2. The van der Waals surface area contributed by atoms with Crippen LogP contribution in [-0.4, -0.2) is 22.6 Å². The van der Waals surface area contributed by atoms with Gasteiger partial charge in [0.1, 0.15) is 16.7 Å². The van der Waals surface area contributed by atoms with Crippen molar-refractivity contribution in [3.63, 3.8) is 0 Å². The Labute approximate surface area is 760 Å². The largest absolute Gasteiger partial charge is 0.455 e. The highest BCUT2D eigenvalue weighted by atomic mass is 16.3. The van der Waals surface area contributed by atoms with E-state index in [0.717, 1.165) is 129 Å². The standard InChI is InChI=1S/C120H98B2N6O2/c1-67-56-100-109-102(58-67)127-111-84(107-113(127)81-36-20-23-41-86(81)119(107,13)14)61-74(117(7,8)9)63-90(111)121(109)88-53-51-76(123(92-43-25-17-32-69(92)3)93-44-26-18-33-70(93)4)65-98(88)125(100)96-46-31-49-105-106(96)83-40-29-38-78(115(83)130-105)73-50-55-95(72(6)60-73)124(94-45-27-19-34-71(94)5)77-52-54-89-99(66-77)126(97-47-30-39-80-79-35-22-28-48-104(79)129-116(80)97)101-57-68(2)59-103-110(101)122(89)91-64-75(118(10,11)12)62-85-108-114(128(103)112(85)91)82-37-21-24-42-87(82)120(108,15)16/h17-66H,1-16H3. The molecule has 0 fully saturated rings. The number of para-hydroxylation sites is 6. The second-order valence-electron chi connectivity index (χ2n) is 41.1. The van der Waals surface area contributed by atoms with Gasteiger partial charge in [-0.05, 0) is 273 Å². The molecular formula is C120H98B2N6O2. The van der Waals surface area contributed by atoms with E-state index < -0.39 is 0 Å². The third-order valence-corrected chi connectivity index (χ3v) is 30.4. The van der Waals surface area contributed by atoms with Crippen molar-refractivity contribution >= 4 is 180 Å². The molecule has 8 nitrogen and oxygen atoms in total. The Hall–Kier alpha value is -14.5. The fraction of sp³-hybridized carbons (Fsp3) is 0.167. The van der Waals surface area contributed by atoms with E-state index >= 15 is 0 Å². The maximum absolute atomic E-state index is 7.59. The first-order valence-corrected chi connectivity index (χ1v) is 46.4. The Balaban J connectivity index is 0.667. The Morgan fingerprint density at radius 3 is 1.25 bits per heavy atom. The van der Waals surface area contributed by atoms with Crippen LogP contribution in [0.2, 0.25) is 0 Å². The van der Waals surface area contributed by atoms with E-state index in [1.165, 1.54) is 150 Å². The molecule has 0 N–H and O–H groups in total. The third kappa shape index (κ3) is 10.4. The van der Waals surface area contributed by atoms with E-state index in [1.54, 1.807) is 0 Å². The molecular weight excluding hydrogens is 1580 g/mol. The monoisotopic (exact) mass is 1680 g/mol. The number of nitrogens with zero attached hydrogens (tertiary/aromatic N) is 6. The molecule has 0 saturated carbocycles. The number of hydrogen-bond donors (Lipinski definition) is 0. The predicted octanol–water partition coefficient (Wildman–Crippen LogP) is 28.3. The highest BCUT2D eigenvalue weighted by Gasteiger charge is 2.52. The number of benzene rings is 16. The lowest BCUT2D eigenvalue weighted by Crippen LogP contribution is -2.60. The summed E-state index contributed by atoms with van der Waals surface area (Å²) in [5.41, 5.74) is 51.3. The van der Waals surface area contributed by atoms with Crippen LogP contribution >= 0.6 is 0 Å². The van der Waals surface area contributed by atoms with Gasteiger partial charge in [0.15, 0.2) is 5.58 Å².